The molecular weight excluding hydrogens is 501 g/mol. The molecule has 0 spiro atoms. The van der Waals surface area contributed by atoms with Gasteiger partial charge in [-0.1, -0.05) is 32.6 Å². The van der Waals surface area contributed by atoms with Gasteiger partial charge in [-0.25, -0.2) is 17.6 Å². The van der Waals surface area contributed by atoms with Gasteiger partial charge in [0.15, 0.2) is 23.2 Å². The van der Waals surface area contributed by atoms with Crippen LogP contribution in [0.3, 0.4) is 0 Å². The number of halogens is 7. The first-order chi connectivity index (χ1) is 17.6. The Morgan fingerprint density at radius 2 is 1.35 bits per heavy atom. The summed E-state index contributed by atoms with van der Waals surface area (Å²) in [5.41, 5.74) is -0.124. The number of benzene rings is 2. The third-order valence-corrected chi connectivity index (χ3v) is 7.94. The van der Waals surface area contributed by atoms with Crippen LogP contribution < -0.4 is 9.47 Å². The molecule has 37 heavy (non-hydrogen) atoms. The molecule has 0 saturated heterocycles. The fraction of sp³-hybridized carbons (Fsp3) is 0.571. The van der Waals surface area contributed by atoms with E-state index >= 15 is 4.39 Å². The van der Waals surface area contributed by atoms with Crippen LogP contribution >= 0.6 is 0 Å². The summed E-state index contributed by atoms with van der Waals surface area (Å²) in [7, 11) is 0. The van der Waals surface area contributed by atoms with Crippen molar-refractivity contribution in [1.29, 1.82) is 0 Å². The first-order valence-corrected chi connectivity index (χ1v) is 13.0. The van der Waals surface area contributed by atoms with E-state index in [-0.39, 0.29) is 11.5 Å². The van der Waals surface area contributed by atoms with Crippen molar-refractivity contribution >= 4 is 0 Å². The molecule has 2 aromatic rings. The van der Waals surface area contributed by atoms with Gasteiger partial charge in [0, 0.05) is 17.7 Å². The van der Waals surface area contributed by atoms with Gasteiger partial charge in [0.2, 0.25) is 5.75 Å². The monoisotopic (exact) mass is 532 g/mol. The second kappa shape index (κ2) is 11.5. The van der Waals surface area contributed by atoms with Crippen LogP contribution in [0.25, 0.3) is 0 Å². The molecule has 2 nitrogen and oxygen atoms in total. The molecule has 0 unspecified atom stereocenters. The minimum atomic E-state index is -5.30. The Kier molecular flexibility index (Phi) is 8.59. The van der Waals surface area contributed by atoms with E-state index in [1.54, 1.807) is 0 Å². The molecule has 2 fully saturated rings. The predicted molar refractivity (Wildman–Crippen MR) is 125 cm³/mol. The van der Waals surface area contributed by atoms with Gasteiger partial charge in [-0.15, -0.1) is 13.2 Å². The van der Waals surface area contributed by atoms with E-state index in [4.69, 9.17) is 4.74 Å². The van der Waals surface area contributed by atoms with Crippen LogP contribution in [-0.4, -0.2) is 6.36 Å². The zero-order valence-corrected chi connectivity index (χ0v) is 20.7. The second-order valence-corrected chi connectivity index (χ2v) is 10.3. The van der Waals surface area contributed by atoms with Crippen molar-refractivity contribution in [1.82, 2.24) is 0 Å². The first-order valence-electron chi connectivity index (χ1n) is 13.0. The third kappa shape index (κ3) is 6.71. The van der Waals surface area contributed by atoms with Crippen LogP contribution in [-0.2, 0) is 0 Å². The summed E-state index contributed by atoms with van der Waals surface area (Å²) in [6, 6.07) is 2.92. The molecule has 9 heteroatoms. The lowest BCUT2D eigenvalue weighted by atomic mass is 9.68. The molecule has 4 rings (SSSR count). The quantitative estimate of drug-likeness (QED) is 0.331. The summed E-state index contributed by atoms with van der Waals surface area (Å²) in [4.78, 5) is 0. The molecule has 0 atom stereocenters. The van der Waals surface area contributed by atoms with E-state index in [0.717, 1.165) is 30.9 Å². The average molecular weight is 533 g/mol. The second-order valence-electron chi connectivity index (χ2n) is 10.3. The van der Waals surface area contributed by atoms with Gasteiger partial charge < -0.3 is 9.47 Å². The first kappa shape index (κ1) is 27.6. The molecule has 0 amide bonds. The van der Waals surface area contributed by atoms with Gasteiger partial charge in [-0.05, 0) is 74.3 Å². The van der Waals surface area contributed by atoms with Gasteiger partial charge in [0.05, 0.1) is 0 Å². The lowest BCUT2D eigenvalue weighted by Gasteiger charge is -2.38. The zero-order chi connectivity index (χ0) is 26.7. The number of ether oxygens (including phenoxy) is 2. The Hall–Kier alpha value is -2.45. The molecule has 2 aliphatic carbocycles. The summed E-state index contributed by atoms with van der Waals surface area (Å²) in [5, 5.41) is 0. The molecule has 204 valence electrons. The van der Waals surface area contributed by atoms with Crippen molar-refractivity contribution in [3.05, 3.63) is 53.1 Å². The van der Waals surface area contributed by atoms with E-state index < -0.39 is 46.9 Å². The molecule has 0 radical (unpaired) electrons. The Morgan fingerprint density at radius 1 is 0.784 bits per heavy atom. The van der Waals surface area contributed by atoms with Crippen LogP contribution in [0.5, 0.6) is 17.2 Å². The van der Waals surface area contributed by atoms with Crippen LogP contribution in [0.2, 0.25) is 0 Å². The highest BCUT2D eigenvalue weighted by molar-refractivity contribution is 5.41. The fourth-order valence-corrected chi connectivity index (χ4v) is 6.17. The summed E-state index contributed by atoms with van der Waals surface area (Å²) in [5.74, 6) is -6.05. The van der Waals surface area contributed by atoms with Crippen LogP contribution in [0.4, 0.5) is 30.7 Å². The number of alkyl halides is 3. The van der Waals surface area contributed by atoms with Crippen molar-refractivity contribution < 1.29 is 40.2 Å². The molecule has 0 N–H and O–H groups in total. The Labute approximate surface area is 212 Å². The maximum atomic E-state index is 15.3. The molecule has 0 aromatic heterocycles. The van der Waals surface area contributed by atoms with Crippen molar-refractivity contribution in [3.63, 3.8) is 0 Å². The summed E-state index contributed by atoms with van der Waals surface area (Å²) in [6.45, 7) is 2.21. The number of rotatable bonds is 7. The maximum Gasteiger partial charge on any atom is 0.573 e. The molecule has 2 aromatic carbocycles. The van der Waals surface area contributed by atoms with E-state index in [9.17, 15) is 26.3 Å². The highest BCUT2D eigenvalue weighted by atomic mass is 19.4. The highest BCUT2D eigenvalue weighted by Crippen LogP contribution is 2.46. The van der Waals surface area contributed by atoms with E-state index in [1.807, 2.05) is 0 Å². The maximum absolute atomic E-state index is 15.3. The van der Waals surface area contributed by atoms with Crippen molar-refractivity contribution in [2.75, 3.05) is 0 Å². The smallest absolute Gasteiger partial charge is 0.454 e. The highest BCUT2D eigenvalue weighted by Gasteiger charge is 2.35. The van der Waals surface area contributed by atoms with E-state index in [1.165, 1.54) is 38.5 Å². The largest absolute Gasteiger partial charge is 0.573 e. The molecular formula is C28H31F7O2. The number of hydrogen-bond donors (Lipinski definition) is 0. The van der Waals surface area contributed by atoms with Gasteiger partial charge in [-0.3, -0.25) is 0 Å². The Balaban J connectivity index is 1.43. The summed E-state index contributed by atoms with van der Waals surface area (Å²) < 4.78 is 104. The van der Waals surface area contributed by atoms with Crippen molar-refractivity contribution in [2.45, 2.75) is 83.4 Å². The zero-order valence-electron chi connectivity index (χ0n) is 20.7. The fourth-order valence-electron chi connectivity index (χ4n) is 6.17. The van der Waals surface area contributed by atoms with Gasteiger partial charge in [-0.2, -0.15) is 0 Å². The van der Waals surface area contributed by atoms with E-state index in [2.05, 4.69) is 11.7 Å². The average Bonchev–Trinajstić information content (AvgIpc) is 2.84. The molecule has 0 aliphatic heterocycles. The van der Waals surface area contributed by atoms with Gasteiger partial charge in [0.1, 0.15) is 11.6 Å². The van der Waals surface area contributed by atoms with Crippen molar-refractivity contribution in [2.24, 2.45) is 17.8 Å². The molecule has 0 bridgehead atoms. The number of hydrogen-bond acceptors (Lipinski definition) is 2. The minimum absolute atomic E-state index is 0.124. The lowest BCUT2D eigenvalue weighted by molar-refractivity contribution is -0.276. The standard InChI is InChI=1S/C28H31F7O2/c1-2-3-16-4-6-17(7-5-16)18-8-10-19(11-9-18)25-21(29)12-13-24(26(25)32)36-20-14-22(30)27(23(31)15-20)37-28(33,34)35/h12-19H,2-11H2,1H3. The van der Waals surface area contributed by atoms with Crippen molar-refractivity contribution in [3.8, 4) is 17.2 Å². The summed E-state index contributed by atoms with van der Waals surface area (Å²) in [6.07, 6.45) is 5.16. The third-order valence-electron chi connectivity index (χ3n) is 7.94. The summed E-state index contributed by atoms with van der Waals surface area (Å²) >= 11 is 0. The van der Waals surface area contributed by atoms with Crippen LogP contribution in [0.15, 0.2) is 24.3 Å². The minimum Gasteiger partial charge on any atom is -0.454 e. The molecule has 2 saturated carbocycles. The Bertz CT molecular complexity index is 1050. The van der Waals surface area contributed by atoms with Crippen LogP contribution in [0, 0.1) is 41.0 Å². The van der Waals surface area contributed by atoms with E-state index in [0.29, 0.717) is 36.8 Å². The topological polar surface area (TPSA) is 18.5 Å². The molecule has 0 heterocycles. The SMILES string of the molecule is CCCC1CCC(C2CCC(c3c(F)ccc(Oc4cc(F)c(OC(F)(F)F)c(F)c4)c3F)CC2)CC1. The van der Waals surface area contributed by atoms with Gasteiger partial charge >= 0.3 is 6.36 Å². The Morgan fingerprint density at radius 3 is 1.89 bits per heavy atom. The van der Waals surface area contributed by atoms with Gasteiger partial charge in [0.25, 0.3) is 0 Å². The van der Waals surface area contributed by atoms with Crippen LogP contribution in [0.1, 0.15) is 82.6 Å². The lowest BCUT2D eigenvalue weighted by Crippen LogP contribution is -2.26. The molecule has 2 aliphatic rings. The predicted octanol–water partition coefficient (Wildman–Crippen LogP) is 9.81. The normalized spacial score (nSPS) is 24.6.